The van der Waals surface area contributed by atoms with Gasteiger partial charge in [0.15, 0.2) is 6.23 Å². The lowest BCUT2D eigenvalue weighted by molar-refractivity contribution is -0.140. The van der Waals surface area contributed by atoms with Crippen molar-refractivity contribution in [3.05, 3.63) is 84.2 Å². The number of pyridine rings is 2. The number of aliphatic carboxylic acids is 1. The van der Waals surface area contributed by atoms with E-state index in [0.717, 1.165) is 97.5 Å². The lowest BCUT2D eigenvalue weighted by atomic mass is 10.0. The van der Waals surface area contributed by atoms with Crippen molar-refractivity contribution in [2.75, 3.05) is 13.1 Å². The van der Waals surface area contributed by atoms with E-state index in [4.69, 9.17) is 19.8 Å². The van der Waals surface area contributed by atoms with Gasteiger partial charge in [0.1, 0.15) is 11.8 Å². The lowest BCUT2D eigenvalue weighted by Crippen LogP contribution is -2.46. The Labute approximate surface area is 348 Å². The second-order valence-corrected chi connectivity index (χ2v) is 15.2. The third-order valence-electron chi connectivity index (χ3n) is 10.3. The molecule has 0 aliphatic heterocycles. The van der Waals surface area contributed by atoms with Gasteiger partial charge in [-0.15, -0.1) is 0 Å². The van der Waals surface area contributed by atoms with E-state index in [1.54, 1.807) is 0 Å². The monoisotopic (exact) mass is 810 g/mol. The van der Waals surface area contributed by atoms with Crippen molar-refractivity contribution >= 4 is 52.0 Å². The number of carboxylic acids is 1. The molecule has 4 rings (SSSR count). The van der Waals surface area contributed by atoms with E-state index in [2.05, 4.69) is 57.2 Å². The number of ketones is 1. The van der Waals surface area contributed by atoms with E-state index in [1.807, 2.05) is 43.3 Å². The summed E-state index contributed by atoms with van der Waals surface area (Å²) in [5.41, 5.74) is 3.88. The number of hydrogen-bond acceptors (Lipinski definition) is 9. The fraction of sp³-hybridized carbons (Fsp3) is 0.500. The van der Waals surface area contributed by atoms with E-state index in [0.29, 0.717) is 71.1 Å². The maximum atomic E-state index is 12.7. The summed E-state index contributed by atoms with van der Waals surface area (Å²) >= 11 is 0. The first kappa shape index (κ1) is 46.3. The van der Waals surface area contributed by atoms with Crippen molar-refractivity contribution in [2.24, 2.45) is 0 Å². The SMILES string of the molecule is CCCC(NC(=O)NCCCCCCC(=O)CCCCCCC(=O)NC(CCCCN(Cc1ccc2ccccc2n1)Cc1ccc2ccccc2n1)OC=O)C(=O)O. The van der Waals surface area contributed by atoms with Gasteiger partial charge in [-0.2, -0.15) is 0 Å². The predicted octanol–water partition coefficient (Wildman–Crippen LogP) is 7.98. The molecule has 4 N–H and O–H groups in total. The van der Waals surface area contributed by atoms with E-state index in [-0.39, 0.29) is 11.7 Å². The molecule has 0 radical (unpaired) electrons. The Kier molecular flexibility index (Phi) is 20.8. The number of benzene rings is 2. The fourth-order valence-electron chi connectivity index (χ4n) is 7.07. The molecule has 4 aromatic rings. The smallest absolute Gasteiger partial charge is 0.326 e. The first-order valence-corrected chi connectivity index (χ1v) is 21.3. The van der Waals surface area contributed by atoms with Gasteiger partial charge in [0.05, 0.1) is 22.4 Å². The second-order valence-electron chi connectivity index (χ2n) is 15.2. The number of urea groups is 1. The lowest BCUT2D eigenvalue weighted by Gasteiger charge is -2.23. The number of ether oxygens (including phenoxy) is 1. The number of fused-ring (bicyclic) bond motifs is 2. The zero-order chi connectivity index (χ0) is 42.1. The highest BCUT2D eigenvalue weighted by atomic mass is 16.5. The van der Waals surface area contributed by atoms with Crippen LogP contribution in [0.4, 0.5) is 4.79 Å². The number of amides is 3. The predicted molar refractivity (Wildman–Crippen MR) is 229 cm³/mol. The Hall–Kier alpha value is -5.43. The maximum absolute atomic E-state index is 12.7. The number of carbonyl (C=O) groups excluding carboxylic acids is 4. The van der Waals surface area contributed by atoms with Crippen LogP contribution >= 0.6 is 0 Å². The molecule has 2 aromatic carbocycles. The highest BCUT2D eigenvalue weighted by Gasteiger charge is 2.18. The molecule has 318 valence electrons. The summed E-state index contributed by atoms with van der Waals surface area (Å²) in [5, 5.41) is 19.4. The van der Waals surface area contributed by atoms with Gasteiger partial charge >= 0.3 is 12.0 Å². The van der Waals surface area contributed by atoms with Gasteiger partial charge in [0.2, 0.25) is 5.91 Å². The Morgan fingerprint density at radius 1 is 0.695 bits per heavy atom. The molecule has 0 fully saturated rings. The average Bonchev–Trinajstić information content (AvgIpc) is 3.23. The summed E-state index contributed by atoms with van der Waals surface area (Å²) in [4.78, 5) is 71.5. The van der Waals surface area contributed by atoms with Crippen LogP contribution in [0.1, 0.15) is 121 Å². The quantitative estimate of drug-likeness (QED) is 0.0229. The third-order valence-corrected chi connectivity index (χ3v) is 10.3. The minimum absolute atomic E-state index is 0.156. The number of hydrogen-bond donors (Lipinski definition) is 4. The van der Waals surface area contributed by atoms with E-state index in [9.17, 15) is 24.0 Å². The Morgan fingerprint density at radius 3 is 1.85 bits per heavy atom. The number of nitrogens with zero attached hydrogens (tertiary/aromatic N) is 3. The zero-order valence-electron chi connectivity index (χ0n) is 34.5. The number of carbonyl (C=O) groups is 5. The summed E-state index contributed by atoms with van der Waals surface area (Å²) in [6.07, 6.45) is 10.3. The van der Waals surface area contributed by atoms with Crippen molar-refractivity contribution in [3.63, 3.8) is 0 Å². The molecule has 2 unspecified atom stereocenters. The molecule has 2 aromatic heterocycles. The molecule has 0 spiro atoms. The Balaban J connectivity index is 1.08. The summed E-state index contributed by atoms with van der Waals surface area (Å²) in [5.74, 6) is -0.953. The molecular formula is C46H62N6O7. The molecule has 13 heteroatoms. The highest BCUT2D eigenvalue weighted by Crippen LogP contribution is 2.18. The van der Waals surface area contributed by atoms with Crippen molar-refractivity contribution in [1.82, 2.24) is 30.8 Å². The van der Waals surface area contributed by atoms with Crippen LogP contribution in [-0.2, 0) is 37.0 Å². The maximum Gasteiger partial charge on any atom is 0.326 e. The van der Waals surface area contributed by atoms with Gasteiger partial charge in [0, 0.05) is 56.1 Å². The Bertz CT molecular complexity index is 1840. The topological polar surface area (TPSA) is 180 Å². The first-order chi connectivity index (χ1) is 28.7. The van der Waals surface area contributed by atoms with Crippen LogP contribution in [0.15, 0.2) is 72.8 Å². The first-order valence-electron chi connectivity index (χ1n) is 21.3. The van der Waals surface area contributed by atoms with Crippen LogP contribution in [0, 0.1) is 0 Å². The number of rotatable bonds is 30. The minimum Gasteiger partial charge on any atom is -0.480 e. The van der Waals surface area contributed by atoms with Crippen molar-refractivity contribution < 1.29 is 33.8 Å². The molecule has 0 saturated carbocycles. The average molecular weight is 811 g/mol. The van der Waals surface area contributed by atoms with Gasteiger partial charge in [-0.3, -0.25) is 29.3 Å². The standard InChI is InChI=1S/C46H62N6O7/c1-2-17-42(45(56)57)50-46(58)47-30-15-6-5-8-21-39(54)20-7-3-4-9-24-43(55)51-44(59-34-53)25-14-16-31-52(32-37-28-26-35-18-10-12-22-40(35)48-37)33-38-29-27-36-19-11-13-23-41(36)49-38/h10-13,18-19,22-23,26-29,34,42,44H,2-9,14-17,20-21,24-25,30-33H2,1H3,(H,51,55)(H,56,57)(H2,47,50,58). The van der Waals surface area contributed by atoms with Gasteiger partial charge in [0.25, 0.3) is 6.47 Å². The van der Waals surface area contributed by atoms with E-state index >= 15 is 0 Å². The molecule has 0 saturated heterocycles. The molecule has 3 amide bonds. The van der Waals surface area contributed by atoms with Gasteiger partial charge < -0.3 is 25.8 Å². The summed E-state index contributed by atoms with van der Waals surface area (Å²) in [7, 11) is 0. The van der Waals surface area contributed by atoms with Gasteiger partial charge in [-0.05, 0) is 75.8 Å². The molecule has 2 heterocycles. The third kappa shape index (κ3) is 17.9. The van der Waals surface area contributed by atoms with Crippen LogP contribution in [0.3, 0.4) is 0 Å². The van der Waals surface area contributed by atoms with Crippen LogP contribution in [-0.4, -0.2) is 75.5 Å². The van der Waals surface area contributed by atoms with Crippen molar-refractivity contribution in [1.29, 1.82) is 0 Å². The van der Waals surface area contributed by atoms with Crippen LogP contribution in [0.25, 0.3) is 21.8 Å². The summed E-state index contributed by atoms with van der Waals surface area (Å²) in [6.45, 7) is 4.78. The van der Waals surface area contributed by atoms with Crippen molar-refractivity contribution in [3.8, 4) is 0 Å². The number of carboxylic acid groups (broad SMARTS) is 1. The molecule has 0 aliphatic carbocycles. The summed E-state index contributed by atoms with van der Waals surface area (Å²) in [6, 6.07) is 23.2. The minimum atomic E-state index is -1.04. The number of para-hydroxylation sites is 2. The highest BCUT2D eigenvalue weighted by molar-refractivity contribution is 5.82. The molecule has 59 heavy (non-hydrogen) atoms. The zero-order valence-corrected chi connectivity index (χ0v) is 34.5. The molecular weight excluding hydrogens is 749 g/mol. The number of Topliss-reactive ketones (excluding diaryl/α,β-unsaturated/α-hetero) is 1. The van der Waals surface area contributed by atoms with Crippen LogP contribution in [0.2, 0.25) is 0 Å². The largest absolute Gasteiger partial charge is 0.480 e. The number of nitrogens with one attached hydrogen (secondary N) is 3. The fourth-order valence-corrected chi connectivity index (χ4v) is 7.07. The number of unbranched alkanes of at least 4 members (excludes halogenated alkanes) is 7. The molecule has 2 atom stereocenters. The Morgan fingerprint density at radius 2 is 1.27 bits per heavy atom. The van der Waals surface area contributed by atoms with E-state index in [1.165, 1.54) is 0 Å². The summed E-state index contributed by atoms with van der Waals surface area (Å²) < 4.78 is 5.24. The molecule has 13 nitrogen and oxygen atoms in total. The number of aromatic nitrogens is 2. The molecule has 0 aliphatic rings. The van der Waals surface area contributed by atoms with Gasteiger partial charge in [-0.1, -0.05) is 87.6 Å². The second kappa shape index (κ2) is 26.5. The van der Waals surface area contributed by atoms with Crippen LogP contribution < -0.4 is 16.0 Å². The van der Waals surface area contributed by atoms with Gasteiger partial charge in [-0.25, -0.2) is 9.59 Å². The molecule has 0 bridgehead atoms. The van der Waals surface area contributed by atoms with Crippen molar-refractivity contribution in [2.45, 2.75) is 135 Å². The normalized spacial score (nSPS) is 12.2. The van der Waals surface area contributed by atoms with E-state index < -0.39 is 24.3 Å². The van der Waals surface area contributed by atoms with Crippen LogP contribution in [0.5, 0.6) is 0 Å².